The van der Waals surface area contributed by atoms with E-state index in [0.717, 1.165) is 11.1 Å². The van der Waals surface area contributed by atoms with Gasteiger partial charge in [0, 0.05) is 60.7 Å². The third-order valence-corrected chi connectivity index (χ3v) is 19.2. The minimum Gasteiger partial charge on any atom is -0.0764 e. The second-order valence-corrected chi connectivity index (χ2v) is 25.7. The summed E-state index contributed by atoms with van der Waals surface area (Å²) in [5, 5.41) is 0.927. The van der Waals surface area contributed by atoms with Crippen molar-refractivity contribution >= 4 is 28.3 Å². The second kappa shape index (κ2) is 12.5. The van der Waals surface area contributed by atoms with Crippen LogP contribution in [0.3, 0.4) is 0 Å². The molecule has 2 aliphatic rings. The Morgan fingerprint density at radius 1 is 0.632 bits per heavy atom. The van der Waals surface area contributed by atoms with Crippen molar-refractivity contribution in [3.05, 3.63) is 80.9 Å². The predicted octanol–water partition coefficient (Wildman–Crippen LogP) is 11.0. The van der Waals surface area contributed by atoms with Crippen molar-refractivity contribution < 1.29 is 32.7 Å². The third-order valence-electron chi connectivity index (χ3n) is 9.42. The smallest absolute Gasteiger partial charge is 0.0450 e. The van der Waals surface area contributed by atoms with Crippen molar-refractivity contribution in [1.29, 1.82) is 0 Å². The summed E-state index contributed by atoms with van der Waals surface area (Å²) in [6.07, 6.45) is 16.7. The van der Waals surface area contributed by atoms with E-state index in [0.29, 0.717) is 11.8 Å². The monoisotopic (exact) mass is 617 g/mol. The number of hydrogen-bond acceptors (Lipinski definition) is 0. The molecule has 0 N–H and O–H groups in total. The molecule has 2 aromatic rings. The van der Waals surface area contributed by atoms with Gasteiger partial charge in [-0.25, -0.2) is 0 Å². The summed E-state index contributed by atoms with van der Waals surface area (Å²) in [4.78, 5) is 0. The average molecular weight is 618 g/mol. The van der Waals surface area contributed by atoms with Crippen LogP contribution in [0.25, 0.3) is 12.2 Å². The normalized spacial score (nSPS) is 19.0. The van der Waals surface area contributed by atoms with Crippen LogP contribution in [0.4, 0.5) is 0 Å². The van der Waals surface area contributed by atoms with Crippen LogP contribution in [0.5, 0.6) is 0 Å². The standard InChI is InChI=1S/C35H52Si2.Y/c1-24-16-18-26(3)33-28(20-21-29(24)33)14-12-11-13-15-32(35(36(5,6)7)37(8,9)10)31-23-22-30-25(2)17-19-27(4)34(30)31;/h16-23,28,31-32,35H,11-15H2,1-10H3;. The molecule has 0 spiro atoms. The van der Waals surface area contributed by atoms with Gasteiger partial charge < -0.3 is 0 Å². The van der Waals surface area contributed by atoms with Gasteiger partial charge in [0.05, 0.1) is 0 Å². The zero-order valence-electron chi connectivity index (χ0n) is 26.0. The third kappa shape index (κ3) is 6.67. The molecule has 0 aromatic heterocycles. The van der Waals surface area contributed by atoms with E-state index in [2.05, 4.69) is 116 Å². The molecule has 0 saturated heterocycles. The van der Waals surface area contributed by atoms with Gasteiger partial charge in [-0.1, -0.05) is 107 Å². The maximum Gasteiger partial charge on any atom is 0.0450 e. The topological polar surface area (TPSA) is 0 Å². The van der Waals surface area contributed by atoms with Gasteiger partial charge >= 0.3 is 0 Å². The number of rotatable bonds is 10. The van der Waals surface area contributed by atoms with Gasteiger partial charge in [0.15, 0.2) is 0 Å². The molecule has 3 heteroatoms. The van der Waals surface area contributed by atoms with E-state index in [9.17, 15) is 0 Å². The van der Waals surface area contributed by atoms with Gasteiger partial charge in [-0.2, -0.15) is 0 Å². The average Bonchev–Trinajstić information content (AvgIpc) is 3.42. The summed E-state index contributed by atoms with van der Waals surface area (Å²) < 4.78 is 0. The molecule has 2 aliphatic carbocycles. The summed E-state index contributed by atoms with van der Waals surface area (Å²) >= 11 is 0. The van der Waals surface area contributed by atoms with Crippen molar-refractivity contribution in [2.75, 3.05) is 0 Å². The summed E-state index contributed by atoms with van der Waals surface area (Å²) in [5.74, 6) is 2.01. The Balaban J connectivity index is 0.00000400. The number of hydrogen-bond donors (Lipinski definition) is 0. The first-order valence-electron chi connectivity index (χ1n) is 14.9. The van der Waals surface area contributed by atoms with Crippen molar-refractivity contribution in [2.24, 2.45) is 5.92 Å². The van der Waals surface area contributed by atoms with Gasteiger partial charge in [-0.15, -0.1) is 0 Å². The molecule has 203 valence electrons. The van der Waals surface area contributed by atoms with E-state index in [-0.39, 0.29) is 32.7 Å². The molecule has 38 heavy (non-hydrogen) atoms. The Hall–Kier alpha value is -0.542. The van der Waals surface area contributed by atoms with Gasteiger partial charge in [0.2, 0.25) is 0 Å². The van der Waals surface area contributed by atoms with E-state index in [1.165, 1.54) is 65.5 Å². The maximum atomic E-state index is 2.65. The first-order chi connectivity index (χ1) is 17.3. The molecular formula is C35H52Si2Y. The number of allylic oxidation sites excluding steroid dienone is 2. The molecule has 0 amide bonds. The zero-order chi connectivity index (χ0) is 27.1. The first-order valence-corrected chi connectivity index (χ1v) is 22.0. The fraction of sp³-hybridized carbons (Fsp3) is 0.543. The summed E-state index contributed by atoms with van der Waals surface area (Å²) in [6, 6.07) is 9.30. The van der Waals surface area contributed by atoms with Crippen LogP contribution in [0.1, 0.15) is 88.4 Å². The van der Waals surface area contributed by atoms with Crippen LogP contribution < -0.4 is 0 Å². The van der Waals surface area contributed by atoms with E-state index in [1.807, 2.05) is 0 Å². The van der Waals surface area contributed by atoms with Crippen LogP contribution >= 0.6 is 0 Å². The molecule has 0 saturated carbocycles. The molecule has 0 heterocycles. The largest absolute Gasteiger partial charge is 0.0764 e. The Morgan fingerprint density at radius 3 is 1.71 bits per heavy atom. The first kappa shape index (κ1) is 32.0. The van der Waals surface area contributed by atoms with Gasteiger partial charge in [0.1, 0.15) is 0 Å². The molecule has 0 bridgehead atoms. The van der Waals surface area contributed by atoms with Crippen LogP contribution in [-0.4, -0.2) is 16.1 Å². The van der Waals surface area contributed by atoms with E-state index < -0.39 is 16.1 Å². The SMILES string of the molecule is Cc1ccc(C)c2c1C=CC2CCCCCC(C1C=Cc2c(C)ccc(C)c21)C([Si](C)(C)C)[Si](C)(C)C.[Y]. The fourth-order valence-corrected chi connectivity index (χ4v) is 22.1. The Labute approximate surface area is 262 Å². The Bertz CT molecular complexity index is 1180. The number of unbranched alkanes of at least 4 members (excludes halogenated alkanes) is 2. The molecular weight excluding hydrogens is 565 g/mol. The quantitative estimate of drug-likeness (QED) is 0.184. The molecule has 1 radical (unpaired) electrons. The molecule has 0 aliphatic heterocycles. The van der Waals surface area contributed by atoms with Crippen molar-refractivity contribution in [2.45, 2.75) is 116 Å². The Morgan fingerprint density at radius 2 is 1.13 bits per heavy atom. The summed E-state index contributed by atoms with van der Waals surface area (Å²) in [6.45, 7) is 25.1. The van der Waals surface area contributed by atoms with E-state index in [1.54, 1.807) is 11.1 Å². The molecule has 2 aromatic carbocycles. The van der Waals surface area contributed by atoms with Gasteiger partial charge in [-0.3, -0.25) is 0 Å². The summed E-state index contributed by atoms with van der Waals surface area (Å²) in [7, 11) is -2.65. The Kier molecular flexibility index (Phi) is 10.6. The summed E-state index contributed by atoms with van der Waals surface area (Å²) in [5.41, 5.74) is 12.1. The van der Waals surface area contributed by atoms with Gasteiger partial charge in [-0.05, 0) is 96.1 Å². The van der Waals surface area contributed by atoms with Crippen molar-refractivity contribution in [3.63, 3.8) is 0 Å². The van der Waals surface area contributed by atoms with E-state index >= 15 is 0 Å². The maximum absolute atomic E-state index is 2.65. The second-order valence-electron chi connectivity index (χ2n) is 14.4. The molecule has 0 nitrogen and oxygen atoms in total. The number of benzene rings is 2. The van der Waals surface area contributed by atoms with Gasteiger partial charge in [0.25, 0.3) is 0 Å². The molecule has 0 fully saturated rings. The van der Waals surface area contributed by atoms with Crippen LogP contribution in [-0.2, 0) is 32.7 Å². The minimum atomic E-state index is -1.33. The number of fused-ring (bicyclic) bond motifs is 2. The molecule has 3 atom stereocenters. The number of aryl methyl sites for hydroxylation is 4. The molecule has 3 unspecified atom stereocenters. The predicted molar refractivity (Wildman–Crippen MR) is 172 cm³/mol. The zero-order valence-corrected chi connectivity index (χ0v) is 30.9. The van der Waals surface area contributed by atoms with Crippen LogP contribution in [0, 0.1) is 33.6 Å². The van der Waals surface area contributed by atoms with Crippen molar-refractivity contribution in [1.82, 2.24) is 0 Å². The van der Waals surface area contributed by atoms with E-state index in [4.69, 9.17) is 0 Å². The minimum absolute atomic E-state index is 0. The van der Waals surface area contributed by atoms with Crippen LogP contribution in [0.2, 0.25) is 44.4 Å². The van der Waals surface area contributed by atoms with Crippen LogP contribution in [0.15, 0.2) is 36.4 Å². The fourth-order valence-electron chi connectivity index (χ4n) is 8.35. The van der Waals surface area contributed by atoms with Crippen molar-refractivity contribution in [3.8, 4) is 0 Å². The molecule has 4 rings (SSSR count).